The van der Waals surface area contributed by atoms with E-state index >= 15 is 0 Å². The summed E-state index contributed by atoms with van der Waals surface area (Å²) in [6, 6.07) is 3.89. The molecule has 8 nitrogen and oxygen atoms in total. The number of carbonyl (C=O) groups is 2. The quantitative estimate of drug-likeness (QED) is 0.711. The van der Waals surface area contributed by atoms with E-state index in [4.69, 9.17) is 9.47 Å². The summed E-state index contributed by atoms with van der Waals surface area (Å²) < 4.78 is 37.6. The molecule has 0 radical (unpaired) electrons. The molecule has 25 heavy (non-hydrogen) atoms. The van der Waals surface area contributed by atoms with E-state index in [0.29, 0.717) is 0 Å². The molecule has 1 fully saturated rings. The molecule has 0 aromatic heterocycles. The molecule has 1 amide bonds. The molecule has 1 aliphatic rings. The molecule has 1 atom stereocenters. The van der Waals surface area contributed by atoms with Crippen LogP contribution in [0.25, 0.3) is 0 Å². The minimum Gasteiger partial charge on any atom is -0.495 e. The smallest absolute Gasteiger partial charge is 0.338 e. The molecule has 0 bridgehead atoms. The predicted octanol–water partition coefficient (Wildman–Crippen LogP) is 0.769. The van der Waals surface area contributed by atoms with Crippen LogP contribution in [-0.4, -0.2) is 58.5 Å². The van der Waals surface area contributed by atoms with Crippen molar-refractivity contribution < 1.29 is 27.5 Å². The summed E-state index contributed by atoms with van der Waals surface area (Å²) in [6.07, 6.45) is 0.593. The fourth-order valence-electron chi connectivity index (χ4n) is 2.14. The van der Waals surface area contributed by atoms with Crippen molar-refractivity contribution in [3.8, 4) is 5.75 Å². The average Bonchev–Trinajstić information content (AvgIpc) is 3.36. The van der Waals surface area contributed by atoms with E-state index in [1.54, 1.807) is 14.1 Å². The summed E-state index contributed by atoms with van der Waals surface area (Å²) in [5, 5.41) is 0. The molecule has 0 aliphatic heterocycles. The minimum atomic E-state index is -3.81. The minimum absolute atomic E-state index is 0.0235. The number of benzene rings is 1. The Morgan fingerprint density at radius 3 is 2.44 bits per heavy atom. The van der Waals surface area contributed by atoms with Crippen LogP contribution in [0.4, 0.5) is 0 Å². The van der Waals surface area contributed by atoms with Crippen molar-refractivity contribution in [3.63, 3.8) is 0 Å². The summed E-state index contributed by atoms with van der Waals surface area (Å²) in [6.45, 7) is 1.45. The molecule has 1 aromatic carbocycles. The number of nitrogens with zero attached hydrogens (tertiary/aromatic N) is 1. The van der Waals surface area contributed by atoms with Crippen LogP contribution in [0.1, 0.15) is 30.1 Å². The maximum Gasteiger partial charge on any atom is 0.338 e. The number of hydrogen-bond donors (Lipinski definition) is 1. The van der Waals surface area contributed by atoms with E-state index in [1.165, 1.54) is 37.1 Å². The van der Waals surface area contributed by atoms with Gasteiger partial charge in [-0.3, -0.25) is 4.79 Å². The Bertz CT molecular complexity index is 771. The van der Waals surface area contributed by atoms with Crippen LogP contribution < -0.4 is 9.46 Å². The Morgan fingerprint density at radius 2 is 1.92 bits per heavy atom. The van der Waals surface area contributed by atoms with Gasteiger partial charge >= 0.3 is 5.97 Å². The second-order valence-electron chi connectivity index (χ2n) is 6.04. The van der Waals surface area contributed by atoms with Crippen LogP contribution >= 0.6 is 0 Å². The zero-order valence-corrected chi connectivity index (χ0v) is 15.4. The number of methoxy groups -OCH3 is 1. The molecular weight excluding hydrogens is 348 g/mol. The van der Waals surface area contributed by atoms with Crippen LogP contribution in [-0.2, 0) is 19.6 Å². The molecule has 1 aliphatic carbocycles. The fourth-order valence-corrected chi connectivity index (χ4v) is 3.64. The first kappa shape index (κ1) is 19.2. The summed E-state index contributed by atoms with van der Waals surface area (Å²) in [5.41, 5.74) is 0.0235. The lowest BCUT2D eigenvalue weighted by atomic mass is 10.2. The number of nitrogens with one attached hydrogen (secondary N) is 1. The molecule has 1 N–H and O–H groups in total. The van der Waals surface area contributed by atoms with Gasteiger partial charge in [-0.15, -0.1) is 0 Å². The van der Waals surface area contributed by atoms with Crippen molar-refractivity contribution in [2.75, 3.05) is 21.2 Å². The van der Waals surface area contributed by atoms with Crippen molar-refractivity contribution in [3.05, 3.63) is 23.8 Å². The van der Waals surface area contributed by atoms with Crippen molar-refractivity contribution >= 4 is 21.9 Å². The van der Waals surface area contributed by atoms with E-state index in [9.17, 15) is 18.0 Å². The Labute approximate surface area is 147 Å². The largest absolute Gasteiger partial charge is 0.495 e. The van der Waals surface area contributed by atoms with E-state index in [1.807, 2.05) is 0 Å². The van der Waals surface area contributed by atoms with Crippen LogP contribution in [0.15, 0.2) is 23.1 Å². The Hall–Kier alpha value is -2.13. The lowest BCUT2D eigenvalue weighted by Crippen LogP contribution is -2.35. The Kier molecular flexibility index (Phi) is 5.69. The van der Waals surface area contributed by atoms with Gasteiger partial charge in [0.25, 0.3) is 5.91 Å². The standard InChI is InChI=1S/C16H22N2O6S/c1-10(15(19)18(2)3)24-16(20)11-5-8-13(23-4)14(9-11)25(21,22)17-12-6-7-12/h5,8-10,12,17H,6-7H2,1-4H3/t10-/m1/s1. The van der Waals surface area contributed by atoms with Gasteiger partial charge in [0.05, 0.1) is 12.7 Å². The molecule has 0 saturated heterocycles. The number of rotatable bonds is 7. The third kappa shape index (κ3) is 4.70. The predicted molar refractivity (Wildman–Crippen MR) is 89.9 cm³/mol. The van der Waals surface area contributed by atoms with Gasteiger partial charge in [0.15, 0.2) is 6.10 Å². The molecule has 2 rings (SSSR count). The van der Waals surface area contributed by atoms with Gasteiger partial charge in [-0.05, 0) is 38.0 Å². The van der Waals surface area contributed by atoms with Gasteiger partial charge in [-0.1, -0.05) is 0 Å². The van der Waals surface area contributed by atoms with Gasteiger partial charge in [0, 0.05) is 20.1 Å². The first-order valence-corrected chi connectivity index (χ1v) is 9.26. The zero-order chi connectivity index (χ0) is 18.8. The van der Waals surface area contributed by atoms with Gasteiger partial charge in [-0.2, -0.15) is 0 Å². The Morgan fingerprint density at radius 1 is 1.28 bits per heavy atom. The highest BCUT2D eigenvalue weighted by atomic mass is 32.2. The normalized spacial score (nSPS) is 15.4. The molecule has 9 heteroatoms. The molecule has 1 aromatic rings. The SMILES string of the molecule is COc1ccc(C(=O)O[C@H](C)C(=O)N(C)C)cc1S(=O)(=O)NC1CC1. The summed E-state index contributed by atoms with van der Waals surface area (Å²) in [4.78, 5) is 25.2. The first-order valence-electron chi connectivity index (χ1n) is 7.78. The van der Waals surface area contributed by atoms with E-state index in [-0.39, 0.29) is 28.2 Å². The van der Waals surface area contributed by atoms with Crippen LogP contribution in [0.3, 0.4) is 0 Å². The van der Waals surface area contributed by atoms with Crippen molar-refractivity contribution in [1.29, 1.82) is 0 Å². The number of carbonyl (C=O) groups excluding carboxylic acids is 2. The monoisotopic (exact) mass is 370 g/mol. The third-order valence-corrected chi connectivity index (χ3v) is 5.20. The van der Waals surface area contributed by atoms with Gasteiger partial charge in [-0.25, -0.2) is 17.9 Å². The van der Waals surface area contributed by atoms with Crippen LogP contribution in [0.2, 0.25) is 0 Å². The van der Waals surface area contributed by atoms with Crippen molar-refractivity contribution in [1.82, 2.24) is 9.62 Å². The molecule has 0 unspecified atom stereocenters. The lowest BCUT2D eigenvalue weighted by Gasteiger charge is -2.17. The van der Waals surface area contributed by atoms with E-state index < -0.39 is 22.1 Å². The van der Waals surface area contributed by atoms with E-state index in [0.717, 1.165) is 12.8 Å². The third-order valence-electron chi connectivity index (χ3n) is 3.66. The first-order chi connectivity index (χ1) is 11.7. The maximum absolute atomic E-state index is 12.5. The second-order valence-corrected chi connectivity index (χ2v) is 7.72. The molecular formula is C16H22N2O6S. The Balaban J connectivity index is 2.26. The summed E-state index contributed by atoms with van der Waals surface area (Å²) in [7, 11) is 0.636. The van der Waals surface area contributed by atoms with Gasteiger partial charge in [0.2, 0.25) is 10.0 Å². The van der Waals surface area contributed by atoms with E-state index in [2.05, 4.69) is 4.72 Å². The number of amides is 1. The lowest BCUT2D eigenvalue weighted by molar-refractivity contribution is -0.137. The van der Waals surface area contributed by atoms with Crippen molar-refractivity contribution in [2.24, 2.45) is 0 Å². The number of ether oxygens (including phenoxy) is 2. The highest BCUT2D eigenvalue weighted by Crippen LogP contribution is 2.28. The number of esters is 1. The molecule has 138 valence electrons. The fraction of sp³-hybridized carbons (Fsp3) is 0.500. The van der Waals surface area contributed by atoms with Gasteiger partial charge < -0.3 is 14.4 Å². The number of likely N-dealkylation sites (N-methyl/N-ethyl adjacent to an activating group) is 1. The summed E-state index contributed by atoms with van der Waals surface area (Å²) >= 11 is 0. The zero-order valence-electron chi connectivity index (χ0n) is 14.6. The average molecular weight is 370 g/mol. The highest BCUT2D eigenvalue weighted by molar-refractivity contribution is 7.89. The second kappa shape index (κ2) is 7.40. The highest BCUT2D eigenvalue weighted by Gasteiger charge is 2.31. The topological polar surface area (TPSA) is 102 Å². The summed E-state index contributed by atoms with van der Waals surface area (Å²) in [5.74, 6) is -1.03. The molecule has 1 saturated carbocycles. The van der Waals surface area contributed by atoms with Crippen molar-refractivity contribution in [2.45, 2.75) is 36.8 Å². The van der Waals surface area contributed by atoms with Crippen LogP contribution in [0.5, 0.6) is 5.75 Å². The number of sulfonamides is 1. The molecule has 0 spiro atoms. The molecule has 0 heterocycles. The van der Waals surface area contributed by atoms with Crippen LogP contribution in [0, 0.1) is 0 Å². The maximum atomic E-state index is 12.5. The number of hydrogen-bond acceptors (Lipinski definition) is 6. The van der Waals surface area contributed by atoms with Gasteiger partial charge in [0.1, 0.15) is 10.6 Å².